The van der Waals surface area contributed by atoms with Crippen molar-refractivity contribution in [3.8, 4) is 0 Å². The van der Waals surface area contributed by atoms with E-state index in [4.69, 9.17) is 27.8 Å². The lowest BCUT2D eigenvalue weighted by Gasteiger charge is -2.28. The van der Waals surface area contributed by atoms with Gasteiger partial charge in [-0.1, -0.05) is 11.6 Å². The summed E-state index contributed by atoms with van der Waals surface area (Å²) in [6.07, 6.45) is 2.61. The van der Waals surface area contributed by atoms with Crippen LogP contribution in [0, 0.1) is 5.82 Å². The Bertz CT molecular complexity index is 1010. The van der Waals surface area contributed by atoms with Crippen molar-refractivity contribution < 1.29 is 18.3 Å². The standard InChI is InChI=1S/C18H16ClF2N5O2/c1-18(6-11(7-20)28-17(23)26-18)12-5-10(2-3-13(12)21)25-16(27)15-14(22)4-9(19)8-24-15/h2-6,8H,7,22H2,1H3,(H2,23,26)(H,25,27)/t18-/m0/s1. The molecule has 146 valence electrons. The summed E-state index contributed by atoms with van der Waals surface area (Å²) in [6, 6.07) is 4.98. The number of nitrogens with one attached hydrogen (secondary N) is 1. The largest absolute Gasteiger partial charge is 0.428 e. The van der Waals surface area contributed by atoms with Crippen LogP contribution in [-0.4, -0.2) is 23.6 Å². The number of benzene rings is 1. The first-order valence-electron chi connectivity index (χ1n) is 8.05. The fourth-order valence-corrected chi connectivity index (χ4v) is 2.96. The van der Waals surface area contributed by atoms with E-state index in [1.807, 2.05) is 0 Å². The normalized spacial score (nSPS) is 18.7. The first kappa shape index (κ1) is 19.6. The fourth-order valence-electron chi connectivity index (χ4n) is 2.79. The van der Waals surface area contributed by atoms with Crippen LogP contribution in [0.15, 0.2) is 47.3 Å². The molecule has 0 unspecified atom stereocenters. The predicted octanol–water partition coefficient (Wildman–Crippen LogP) is 3.12. The van der Waals surface area contributed by atoms with Gasteiger partial charge < -0.3 is 21.5 Å². The summed E-state index contributed by atoms with van der Waals surface area (Å²) in [4.78, 5) is 20.4. The summed E-state index contributed by atoms with van der Waals surface area (Å²) in [5, 5.41) is 2.87. The Morgan fingerprint density at radius 3 is 2.79 bits per heavy atom. The van der Waals surface area contributed by atoms with Crippen molar-refractivity contribution in [2.24, 2.45) is 10.7 Å². The molecule has 1 aromatic heterocycles. The third-order valence-corrected chi connectivity index (χ3v) is 4.23. The van der Waals surface area contributed by atoms with Crippen LogP contribution in [0.3, 0.4) is 0 Å². The number of aromatic nitrogens is 1. The van der Waals surface area contributed by atoms with E-state index in [-0.39, 0.29) is 39.4 Å². The Kier molecular flexibility index (Phi) is 5.19. The molecule has 28 heavy (non-hydrogen) atoms. The molecule has 0 radical (unpaired) electrons. The minimum Gasteiger partial charge on any atom is -0.428 e. The van der Waals surface area contributed by atoms with Crippen LogP contribution >= 0.6 is 11.6 Å². The average molecular weight is 408 g/mol. The second-order valence-electron chi connectivity index (χ2n) is 6.18. The highest BCUT2D eigenvalue weighted by molar-refractivity contribution is 6.30. The zero-order valence-electron chi connectivity index (χ0n) is 14.7. The highest BCUT2D eigenvalue weighted by Crippen LogP contribution is 2.35. The van der Waals surface area contributed by atoms with Gasteiger partial charge in [-0.05, 0) is 37.3 Å². The van der Waals surface area contributed by atoms with Gasteiger partial charge in [-0.2, -0.15) is 0 Å². The molecule has 0 saturated carbocycles. The van der Waals surface area contributed by atoms with Crippen LogP contribution in [0.5, 0.6) is 0 Å². The molecule has 0 fully saturated rings. The second kappa shape index (κ2) is 7.43. The summed E-state index contributed by atoms with van der Waals surface area (Å²) in [7, 11) is 0. The summed E-state index contributed by atoms with van der Waals surface area (Å²) in [6.45, 7) is 0.617. The van der Waals surface area contributed by atoms with E-state index in [1.165, 1.54) is 30.5 Å². The number of allylic oxidation sites excluding steroid dienone is 1. The van der Waals surface area contributed by atoms with Crippen LogP contribution in [0.1, 0.15) is 23.0 Å². The van der Waals surface area contributed by atoms with Crippen molar-refractivity contribution in [2.75, 3.05) is 17.7 Å². The van der Waals surface area contributed by atoms with E-state index < -0.39 is 23.9 Å². The molecule has 1 aliphatic heterocycles. The van der Waals surface area contributed by atoms with Gasteiger partial charge in [0.05, 0.1) is 10.7 Å². The molecule has 7 nitrogen and oxygen atoms in total. The van der Waals surface area contributed by atoms with E-state index in [9.17, 15) is 13.6 Å². The maximum Gasteiger partial charge on any atom is 0.288 e. The van der Waals surface area contributed by atoms with Gasteiger partial charge in [0, 0.05) is 17.4 Å². The molecular weight excluding hydrogens is 392 g/mol. The lowest BCUT2D eigenvalue weighted by Crippen LogP contribution is -2.31. The molecule has 0 aliphatic carbocycles. The number of nitrogens with two attached hydrogens (primary N) is 2. The lowest BCUT2D eigenvalue weighted by atomic mass is 9.90. The maximum atomic E-state index is 14.5. The summed E-state index contributed by atoms with van der Waals surface area (Å²) in [5.74, 6) is -1.30. The molecule has 0 bridgehead atoms. The molecule has 2 heterocycles. The van der Waals surface area contributed by atoms with Crippen molar-refractivity contribution in [1.82, 2.24) is 4.98 Å². The van der Waals surface area contributed by atoms with Gasteiger partial charge in [-0.25, -0.2) is 18.8 Å². The number of ether oxygens (including phenoxy) is 1. The van der Waals surface area contributed by atoms with Crippen molar-refractivity contribution in [1.29, 1.82) is 0 Å². The van der Waals surface area contributed by atoms with Crippen molar-refractivity contribution in [3.63, 3.8) is 0 Å². The third-order valence-electron chi connectivity index (χ3n) is 4.02. The molecule has 0 saturated heterocycles. The molecule has 1 atom stereocenters. The number of pyridine rings is 1. The first-order valence-corrected chi connectivity index (χ1v) is 8.43. The fraction of sp³-hybridized carbons (Fsp3) is 0.167. The number of nitrogens with zero attached hydrogens (tertiary/aromatic N) is 2. The van der Waals surface area contributed by atoms with Crippen LogP contribution in [0.4, 0.5) is 20.2 Å². The number of nitrogen functional groups attached to an aromatic ring is 1. The van der Waals surface area contributed by atoms with Gasteiger partial charge in [0.1, 0.15) is 23.8 Å². The first-order chi connectivity index (χ1) is 13.2. The topological polar surface area (TPSA) is 116 Å². The Balaban J connectivity index is 1.95. The number of anilines is 2. The van der Waals surface area contributed by atoms with E-state index in [2.05, 4.69) is 15.3 Å². The molecule has 0 spiro atoms. The molecular formula is C18H16ClF2N5O2. The highest BCUT2D eigenvalue weighted by Gasteiger charge is 2.32. The highest BCUT2D eigenvalue weighted by atomic mass is 35.5. The predicted molar refractivity (Wildman–Crippen MR) is 102 cm³/mol. The van der Waals surface area contributed by atoms with E-state index in [0.29, 0.717) is 0 Å². The number of carbonyl (C=O) groups excluding carboxylic acids is 1. The number of hydrogen-bond acceptors (Lipinski definition) is 6. The monoisotopic (exact) mass is 407 g/mol. The number of carbonyl (C=O) groups is 1. The van der Waals surface area contributed by atoms with Crippen molar-refractivity contribution in [2.45, 2.75) is 12.5 Å². The van der Waals surface area contributed by atoms with Gasteiger partial charge in [0.2, 0.25) is 0 Å². The van der Waals surface area contributed by atoms with E-state index in [1.54, 1.807) is 6.92 Å². The summed E-state index contributed by atoms with van der Waals surface area (Å²) >= 11 is 5.78. The van der Waals surface area contributed by atoms with Gasteiger partial charge in [-0.3, -0.25) is 4.79 Å². The third kappa shape index (κ3) is 3.89. The number of hydrogen-bond donors (Lipinski definition) is 3. The Morgan fingerprint density at radius 2 is 2.11 bits per heavy atom. The van der Waals surface area contributed by atoms with Crippen LogP contribution in [0.2, 0.25) is 5.02 Å². The SMILES string of the molecule is C[C@@]1(c2cc(NC(=O)c3ncc(Cl)cc3N)ccc2F)C=C(CF)OC(N)=N1. The molecule has 1 aliphatic rings. The van der Waals surface area contributed by atoms with Gasteiger partial charge in [-0.15, -0.1) is 0 Å². The van der Waals surface area contributed by atoms with Crippen LogP contribution < -0.4 is 16.8 Å². The molecule has 1 aromatic carbocycles. The summed E-state index contributed by atoms with van der Waals surface area (Å²) in [5.41, 5.74) is 10.4. The number of amidine groups is 1. The van der Waals surface area contributed by atoms with Crippen molar-refractivity contribution in [3.05, 3.63) is 64.4 Å². The zero-order valence-corrected chi connectivity index (χ0v) is 15.4. The van der Waals surface area contributed by atoms with E-state index >= 15 is 0 Å². The number of alkyl halides is 1. The molecule has 3 rings (SSSR count). The van der Waals surface area contributed by atoms with Crippen LogP contribution in [0.25, 0.3) is 0 Å². The maximum absolute atomic E-state index is 14.5. The average Bonchev–Trinajstić information content (AvgIpc) is 2.62. The lowest BCUT2D eigenvalue weighted by molar-refractivity contribution is 0.102. The molecule has 2 aromatic rings. The number of rotatable bonds is 4. The van der Waals surface area contributed by atoms with Crippen LogP contribution in [-0.2, 0) is 10.3 Å². The van der Waals surface area contributed by atoms with E-state index in [0.717, 1.165) is 6.07 Å². The van der Waals surface area contributed by atoms with Gasteiger partial charge >= 0.3 is 0 Å². The number of aliphatic imine (C=N–C) groups is 1. The second-order valence-corrected chi connectivity index (χ2v) is 6.62. The number of amides is 1. The molecule has 10 heteroatoms. The number of halogens is 3. The summed E-state index contributed by atoms with van der Waals surface area (Å²) < 4.78 is 32.5. The van der Waals surface area contributed by atoms with Crippen molar-refractivity contribution >= 4 is 34.9 Å². The zero-order chi connectivity index (χ0) is 20.5. The Morgan fingerprint density at radius 1 is 1.36 bits per heavy atom. The van der Waals surface area contributed by atoms with Gasteiger partial charge in [0.25, 0.3) is 11.9 Å². The Labute approximate surface area is 164 Å². The minimum atomic E-state index is -1.31. The Hall–Kier alpha value is -3.20. The smallest absolute Gasteiger partial charge is 0.288 e. The van der Waals surface area contributed by atoms with Gasteiger partial charge in [0.15, 0.2) is 5.69 Å². The molecule has 5 N–H and O–H groups in total. The molecule has 1 amide bonds. The quantitative estimate of drug-likeness (QED) is 0.720. The minimum absolute atomic E-state index is 0.0329.